The molecule has 4 rings (SSSR count). The van der Waals surface area contributed by atoms with E-state index in [2.05, 4.69) is 15.3 Å². The molecule has 1 N–H and O–H groups in total. The summed E-state index contributed by atoms with van der Waals surface area (Å²) in [7, 11) is 0. The SMILES string of the molecule is O=C1NC(=S)S/C1=C\c1c(Oc2nc(Cl)ncc2F)ccc2ccccc12. The predicted octanol–water partition coefficient (Wildman–Crippen LogP) is 4.70. The van der Waals surface area contributed by atoms with Crippen molar-refractivity contribution in [1.82, 2.24) is 15.3 Å². The predicted molar refractivity (Wildman–Crippen MR) is 107 cm³/mol. The van der Waals surface area contributed by atoms with Crippen molar-refractivity contribution in [1.29, 1.82) is 0 Å². The fraction of sp³-hybridized carbons (Fsp3) is 0. The van der Waals surface area contributed by atoms with Gasteiger partial charge in [-0.3, -0.25) is 4.79 Å². The van der Waals surface area contributed by atoms with Gasteiger partial charge in [0.05, 0.1) is 11.1 Å². The van der Waals surface area contributed by atoms with E-state index in [0.29, 0.717) is 20.5 Å². The molecule has 0 unspecified atom stereocenters. The van der Waals surface area contributed by atoms with Crippen LogP contribution in [-0.2, 0) is 4.79 Å². The van der Waals surface area contributed by atoms with Crippen LogP contribution in [0.15, 0.2) is 47.5 Å². The first-order valence-electron chi connectivity index (χ1n) is 7.64. The maximum atomic E-state index is 14.0. The Morgan fingerprint density at radius 2 is 2.07 bits per heavy atom. The number of nitrogens with zero attached hydrogens (tertiary/aromatic N) is 2. The third-order valence-electron chi connectivity index (χ3n) is 3.74. The van der Waals surface area contributed by atoms with Gasteiger partial charge < -0.3 is 10.1 Å². The fourth-order valence-corrected chi connectivity index (χ4v) is 3.72. The van der Waals surface area contributed by atoms with Gasteiger partial charge in [0.15, 0.2) is 0 Å². The maximum absolute atomic E-state index is 14.0. The number of rotatable bonds is 3. The van der Waals surface area contributed by atoms with Crippen LogP contribution in [-0.4, -0.2) is 20.2 Å². The van der Waals surface area contributed by atoms with Crippen LogP contribution in [0.25, 0.3) is 16.8 Å². The first kappa shape index (κ1) is 17.8. The van der Waals surface area contributed by atoms with Gasteiger partial charge in [-0.1, -0.05) is 54.3 Å². The summed E-state index contributed by atoms with van der Waals surface area (Å²) in [6.45, 7) is 0. The molecule has 0 spiro atoms. The second-order valence-electron chi connectivity index (χ2n) is 5.44. The highest BCUT2D eigenvalue weighted by molar-refractivity contribution is 8.26. The molecule has 1 aromatic heterocycles. The first-order valence-corrected chi connectivity index (χ1v) is 9.24. The Labute approximate surface area is 167 Å². The molecule has 0 atom stereocenters. The molecule has 2 heterocycles. The number of carbonyl (C=O) groups excluding carboxylic acids is 1. The minimum absolute atomic E-state index is 0.136. The highest BCUT2D eigenvalue weighted by atomic mass is 35.5. The van der Waals surface area contributed by atoms with E-state index < -0.39 is 5.82 Å². The zero-order valence-electron chi connectivity index (χ0n) is 13.4. The van der Waals surface area contributed by atoms with Crippen molar-refractivity contribution in [3.8, 4) is 11.6 Å². The van der Waals surface area contributed by atoms with Crippen LogP contribution in [0.5, 0.6) is 11.6 Å². The van der Waals surface area contributed by atoms with Gasteiger partial charge in [0.1, 0.15) is 10.1 Å². The van der Waals surface area contributed by atoms with Gasteiger partial charge in [0.25, 0.3) is 11.8 Å². The van der Waals surface area contributed by atoms with Crippen molar-refractivity contribution in [3.63, 3.8) is 0 Å². The minimum atomic E-state index is -0.750. The molecular weight excluding hydrogens is 409 g/mol. The number of carbonyl (C=O) groups is 1. The van der Waals surface area contributed by atoms with E-state index in [1.807, 2.05) is 30.3 Å². The maximum Gasteiger partial charge on any atom is 0.263 e. The highest BCUT2D eigenvalue weighted by Crippen LogP contribution is 2.36. The monoisotopic (exact) mass is 417 g/mol. The molecule has 3 aromatic rings. The lowest BCUT2D eigenvalue weighted by atomic mass is 10.0. The van der Waals surface area contributed by atoms with Gasteiger partial charge >= 0.3 is 0 Å². The number of hydrogen-bond donors (Lipinski definition) is 1. The van der Waals surface area contributed by atoms with Gasteiger partial charge in [-0.25, -0.2) is 4.98 Å². The molecule has 0 radical (unpaired) electrons. The molecule has 0 aliphatic carbocycles. The normalized spacial score (nSPS) is 15.4. The third kappa shape index (κ3) is 3.64. The zero-order valence-corrected chi connectivity index (χ0v) is 15.8. The highest BCUT2D eigenvalue weighted by Gasteiger charge is 2.23. The molecule has 1 fully saturated rings. The van der Waals surface area contributed by atoms with Crippen LogP contribution in [0.2, 0.25) is 5.28 Å². The van der Waals surface area contributed by atoms with Crippen LogP contribution in [0.4, 0.5) is 4.39 Å². The van der Waals surface area contributed by atoms with E-state index in [1.165, 1.54) is 0 Å². The number of benzene rings is 2. The average molecular weight is 418 g/mol. The summed E-state index contributed by atoms with van der Waals surface area (Å²) < 4.78 is 20.1. The number of halogens is 2. The van der Waals surface area contributed by atoms with Gasteiger partial charge in [-0.15, -0.1) is 0 Å². The molecule has 1 saturated heterocycles. The molecular formula is C18H9ClFN3O2S2. The summed E-state index contributed by atoms with van der Waals surface area (Å²) in [5.74, 6) is -1.02. The van der Waals surface area contributed by atoms with Crippen molar-refractivity contribution in [2.24, 2.45) is 0 Å². The molecule has 2 aromatic carbocycles. The summed E-state index contributed by atoms with van der Waals surface area (Å²) in [5.41, 5.74) is 0.601. The molecule has 9 heteroatoms. The lowest BCUT2D eigenvalue weighted by Gasteiger charge is -2.12. The Balaban J connectivity index is 1.88. The molecule has 1 amide bonds. The molecule has 134 valence electrons. The number of thiocarbonyl (C=S) groups is 1. The average Bonchev–Trinajstić information content (AvgIpc) is 2.97. The number of fused-ring (bicyclic) bond motifs is 1. The van der Waals surface area contributed by atoms with Crippen molar-refractivity contribution in [3.05, 3.63) is 64.2 Å². The van der Waals surface area contributed by atoms with E-state index in [0.717, 1.165) is 28.7 Å². The Morgan fingerprint density at radius 1 is 1.26 bits per heavy atom. The van der Waals surface area contributed by atoms with Crippen LogP contribution >= 0.6 is 35.6 Å². The summed E-state index contributed by atoms with van der Waals surface area (Å²) in [6.07, 6.45) is 2.60. The van der Waals surface area contributed by atoms with E-state index in [1.54, 1.807) is 12.1 Å². The number of amides is 1. The number of aromatic nitrogens is 2. The largest absolute Gasteiger partial charge is 0.436 e. The number of hydrogen-bond acceptors (Lipinski definition) is 6. The Hall–Kier alpha value is -2.55. The fourth-order valence-electron chi connectivity index (χ4n) is 2.57. The Bertz CT molecular complexity index is 1140. The van der Waals surface area contributed by atoms with Gasteiger partial charge in [0.2, 0.25) is 11.1 Å². The summed E-state index contributed by atoms with van der Waals surface area (Å²) >= 11 is 11.9. The van der Waals surface area contributed by atoms with E-state index in [4.69, 9.17) is 28.6 Å². The molecule has 1 aliphatic heterocycles. The van der Waals surface area contributed by atoms with Crippen molar-refractivity contribution < 1.29 is 13.9 Å². The second kappa shape index (κ2) is 7.22. The van der Waals surface area contributed by atoms with E-state index in [-0.39, 0.29) is 17.1 Å². The lowest BCUT2D eigenvalue weighted by molar-refractivity contribution is -0.115. The first-order chi connectivity index (χ1) is 13.0. The lowest BCUT2D eigenvalue weighted by Crippen LogP contribution is -2.17. The van der Waals surface area contributed by atoms with Crippen LogP contribution in [0.3, 0.4) is 0 Å². The molecule has 5 nitrogen and oxygen atoms in total. The summed E-state index contributed by atoms with van der Waals surface area (Å²) in [5, 5.41) is 4.20. The van der Waals surface area contributed by atoms with Gasteiger partial charge in [0, 0.05) is 5.56 Å². The van der Waals surface area contributed by atoms with Gasteiger partial charge in [-0.05, 0) is 34.5 Å². The number of thioether (sulfide) groups is 1. The van der Waals surface area contributed by atoms with Crippen molar-refractivity contribution in [2.45, 2.75) is 0 Å². The van der Waals surface area contributed by atoms with Crippen LogP contribution in [0.1, 0.15) is 5.56 Å². The van der Waals surface area contributed by atoms with Gasteiger partial charge in [-0.2, -0.15) is 9.37 Å². The number of ether oxygens (including phenoxy) is 1. The smallest absolute Gasteiger partial charge is 0.263 e. The molecule has 27 heavy (non-hydrogen) atoms. The van der Waals surface area contributed by atoms with E-state index in [9.17, 15) is 9.18 Å². The third-order valence-corrected chi connectivity index (χ3v) is 5.08. The standard InChI is InChI=1S/C18H9ClFN3O2S2/c19-17-21-8-12(20)16(23-17)25-13-6-5-9-3-1-2-4-10(9)11(13)7-14-15(24)22-18(26)27-14/h1-8H,(H,22,24,26)/b14-7-. The van der Waals surface area contributed by atoms with Crippen LogP contribution < -0.4 is 10.1 Å². The molecule has 1 aliphatic rings. The van der Waals surface area contributed by atoms with Crippen molar-refractivity contribution in [2.75, 3.05) is 0 Å². The number of nitrogens with one attached hydrogen (secondary N) is 1. The molecule has 0 bridgehead atoms. The summed E-state index contributed by atoms with van der Waals surface area (Å²) in [4.78, 5) is 19.8. The van der Waals surface area contributed by atoms with Crippen LogP contribution in [0, 0.1) is 5.82 Å². The quantitative estimate of drug-likeness (QED) is 0.378. The Kier molecular flexibility index (Phi) is 4.77. The zero-order chi connectivity index (χ0) is 19.0. The topological polar surface area (TPSA) is 64.1 Å². The Morgan fingerprint density at radius 3 is 2.85 bits per heavy atom. The second-order valence-corrected chi connectivity index (χ2v) is 7.50. The molecule has 0 saturated carbocycles. The summed E-state index contributed by atoms with van der Waals surface area (Å²) in [6, 6.07) is 11.1. The van der Waals surface area contributed by atoms with Crippen molar-refractivity contribution >= 4 is 62.7 Å². The minimum Gasteiger partial charge on any atom is -0.436 e. The van der Waals surface area contributed by atoms with E-state index >= 15 is 0 Å².